The van der Waals surface area contributed by atoms with E-state index in [1.54, 1.807) is 0 Å². The molecule has 1 amide bonds. The highest BCUT2D eigenvalue weighted by Gasteiger charge is 2.54. The highest BCUT2D eigenvalue weighted by molar-refractivity contribution is 5.85. The van der Waals surface area contributed by atoms with Crippen LogP contribution in [0.3, 0.4) is 0 Å². The molecule has 0 aromatic heterocycles. The number of hydrogen-bond donors (Lipinski definition) is 3. The maximum Gasteiger partial charge on any atom is 0.408 e. The minimum Gasteiger partial charge on any atom is -0.444 e. The first-order chi connectivity index (χ1) is 11.7. The number of carbonyl (C=O) groups excluding carboxylic acids is 1. The van der Waals surface area contributed by atoms with Crippen molar-refractivity contribution in [1.82, 2.24) is 10.6 Å². The number of benzene rings is 1. The Morgan fingerprint density at radius 2 is 1.81 bits per heavy atom. The quantitative estimate of drug-likeness (QED) is 0.744. The molecule has 1 atom stereocenters. The van der Waals surface area contributed by atoms with Gasteiger partial charge in [0, 0.05) is 12.1 Å². The molecular weight excluding hydrogens is 352 g/mol. The zero-order valence-corrected chi connectivity index (χ0v) is 16.7. The molecule has 3 fully saturated rings. The molecule has 3 N–H and O–H groups in total. The molecule has 2 bridgehead atoms. The van der Waals surface area contributed by atoms with Gasteiger partial charge in [0.25, 0.3) is 0 Å². The van der Waals surface area contributed by atoms with Crippen molar-refractivity contribution in [1.29, 1.82) is 0 Å². The third-order valence-corrected chi connectivity index (χ3v) is 5.58. The molecule has 0 spiro atoms. The first kappa shape index (κ1) is 21.0. The Bertz CT molecular complexity index is 607. The van der Waals surface area contributed by atoms with Gasteiger partial charge in [0.2, 0.25) is 0 Å². The second-order valence-corrected chi connectivity index (χ2v) is 8.62. The topological polar surface area (TPSA) is 70.6 Å². The molecule has 6 heteroatoms. The van der Waals surface area contributed by atoms with Gasteiger partial charge in [-0.25, -0.2) is 4.79 Å². The van der Waals surface area contributed by atoms with Crippen LogP contribution in [-0.2, 0) is 11.3 Å². The van der Waals surface area contributed by atoms with E-state index in [1.807, 2.05) is 39.0 Å². The zero-order valence-electron chi connectivity index (χ0n) is 15.9. The summed E-state index contributed by atoms with van der Waals surface area (Å²) in [7, 11) is 0. The van der Waals surface area contributed by atoms with E-state index >= 15 is 0 Å². The Labute approximate surface area is 162 Å². The van der Waals surface area contributed by atoms with Gasteiger partial charge in [0.15, 0.2) is 0 Å². The third-order valence-electron chi connectivity index (χ3n) is 5.58. The van der Waals surface area contributed by atoms with Crippen molar-refractivity contribution >= 4 is 18.5 Å². The highest BCUT2D eigenvalue weighted by Crippen LogP contribution is 2.47. The normalized spacial score (nSPS) is 30.4. The number of ether oxygens (including phenoxy) is 1. The van der Waals surface area contributed by atoms with Crippen LogP contribution in [0, 0.1) is 0 Å². The van der Waals surface area contributed by atoms with Crippen LogP contribution in [0.15, 0.2) is 30.3 Å². The summed E-state index contributed by atoms with van der Waals surface area (Å²) < 4.78 is 5.39. The van der Waals surface area contributed by atoms with E-state index in [9.17, 15) is 9.90 Å². The lowest BCUT2D eigenvalue weighted by molar-refractivity contribution is -0.0649. The number of fused-ring (bicyclic) bond motifs is 3. The molecule has 1 aromatic rings. The predicted octanol–water partition coefficient (Wildman–Crippen LogP) is 3.54. The molecule has 0 saturated heterocycles. The summed E-state index contributed by atoms with van der Waals surface area (Å²) in [5.74, 6) is 0. The summed E-state index contributed by atoms with van der Waals surface area (Å²) in [6.45, 7) is 6.35. The van der Waals surface area contributed by atoms with Crippen LogP contribution in [0.25, 0.3) is 0 Å². The number of aliphatic hydroxyl groups is 1. The lowest BCUT2D eigenvalue weighted by Gasteiger charge is -2.56. The average Bonchev–Trinajstić information content (AvgIpc) is 2.54. The van der Waals surface area contributed by atoms with Gasteiger partial charge in [0.05, 0.1) is 11.6 Å². The Hall–Kier alpha value is -1.30. The lowest BCUT2D eigenvalue weighted by Crippen LogP contribution is -2.69. The molecule has 0 radical (unpaired) electrons. The third kappa shape index (κ3) is 4.70. The molecule has 146 valence electrons. The van der Waals surface area contributed by atoms with Crippen LogP contribution in [0.4, 0.5) is 4.79 Å². The van der Waals surface area contributed by atoms with E-state index in [-0.39, 0.29) is 17.9 Å². The largest absolute Gasteiger partial charge is 0.444 e. The van der Waals surface area contributed by atoms with E-state index < -0.39 is 23.3 Å². The number of aliphatic hydroxyl groups excluding tert-OH is 1. The smallest absolute Gasteiger partial charge is 0.408 e. The summed E-state index contributed by atoms with van der Waals surface area (Å²) in [6.07, 6.45) is 3.13. The van der Waals surface area contributed by atoms with Gasteiger partial charge in [-0.05, 0) is 58.4 Å². The zero-order chi connectivity index (χ0) is 18.1. The number of nitrogens with one attached hydrogen (secondary N) is 2. The van der Waals surface area contributed by atoms with E-state index in [0.717, 1.165) is 32.2 Å². The summed E-state index contributed by atoms with van der Waals surface area (Å²) in [4.78, 5) is 12.2. The molecule has 5 nitrogen and oxygen atoms in total. The van der Waals surface area contributed by atoms with Gasteiger partial charge in [-0.15, -0.1) is 12.4 Å². The Balaban J connectivity index is 0.00000243. The minimum atomic E-state index is -0.550. The first-order valence-electron chi connectivity index (χ1n) is 9.20. The molecule has 0 unspecified atom stereocenters. The van der Waals surface area contributed by atoms with E-state index in [4.69, 9.17) is 4.74 Å². The van der Waals surface area contributed by atoms with Crippen molar-refractivity contribution in [2.75, 3.05) is 0 Å². The van der Waals surface area contributed by atoms with Gasteiger partial charge in [0.1, 0.15) is 5.60 Å². The van der Waals surface area contributed by atoms with Crippen LogP contribution in [-0.4, -0.2) is 34.0 Å². The van der Waals surface area contributed by atoms with E-state index in [1.165, 1.54) is 5.56 Å². The molecule has 0 heterocycles. The Morgan fingerprint density at radius 3 is 2.35 bits per heavy atom. The molecular formula is C20H31ClN2O3. The van der Waals surface area contributed by atoms with Crippen LogP contribution in [0.5, 0.6) is 0 Å². The number of hydrogen-bond acceptors (Lipinski definition) is 4. The van der Waals surface area contributed by atoms with Crippen molar-refractivity contribution in [2.24, 2.45) is 0 Å². The Kier molecular flexibility index (Phi) is 6.26. The fourth-order valence-electron chi connectivity index (χ4n) is 4.13. The maximum atomic E-state index is 12.2. The van der Waals surface area contributed by atoms with E-state index in [2.05, 4.69) is 22.8 Å². The van der Waals surface area contributed by atoms with Crippen molar-refractivity contribution < 1.29 is 14.6 Å². The van der Waals surface area contributed by atoms with E-state index in [0.29, 0.717) is 6.42 Å². The first-order valence-corrected chi connectivity index (χ1v) is 9.20. The molecule has 3 saturated carbocycles. The summed E-state index contributed by atoms with van der Waals surface area (Å²) >= 11 is 0. The van der Waals surface area contributed by atoms with Crippen LogP contribution in [0.2, 0.25) is 0 Å². The molecule has 0 aliphatic heterocycles. The molecule has 3 aliphatic rings. The standard InChI is InChI=1S/C20H30N2O3.ClH/c1-18(2,3)25-17(24)22-20-11-9-19(10-12-20,13-16(20)23)21-14-15-7-5-4-6-8-15;/h4-8,16,21,23H,9-14H2,1-3H3,(H,22,24);1H/t16-,19?,20?;/m0./s1. The van der Waals surface area contributed by atoms with Crippen molar-refractivity contribution in [2.45, 2.75) is 82.2 Å². The highest BCUT2D eigenvalue weighted by atomic mass is 35.5. The average molecular weight is 383 g/mol. The minimum absolute atomic E-state index is 0. The number of carbonyl (C=O) groups is 1. The van der Waals surface area contributed by atoms with Gasteiger partial charge >= 0.3 is 6.09 Å². The maximum absolute atomic E-state index is 12.2. The Morgan fingerprint density at radius 1 is 1.19 bits per heavy atom. The number of rotatable bonds is 4. The predicted molar refractivity (Wildman–Crippen MR) is 104 cm³/mol. The van der Waals surface area contributed by atoms with Crippen LogP contribution < -0.4 is 10.6 Å². The second kappa shape index (κ2) is 7.75. The fourth-order valence-corrected chi connectivity index (χ4v) is 4.13. The van der Waals surface area contributed by atoms with Gasteiger partial charge < -0.3 is 20.5 Å². The number of alkyl carbamates (subject to hydrolysis) is 1. The lowest BCUT2D eigenvalue weighted by atomic mass is 9.60. The van der Waals surface area contributed by atoms with Crippen LogP contribution in [0.1, 0.15) is 58.4 Å². The van der Waals surface area contributed by atoms with Crippen molar-refractivity contribution in [3.05, 3.63) is 35.9 Å². The SMILES string of the molecule is CC(C)(C)OC(=O)NC12CCC(NCc3ccccc3)(CC1)C[C@@H]2O.Cl. The summed E-state index contributed by atoms with van der Waals surface area (Å²) in [5.41, 5.74) is 0.141. The molecule has 26 heavy (non-hydrogen) atoms. The van der Waals surface area contributed by atoms with Gasteiger partial charge in [-0.1, -0.05) is 30.3 Å². The fraction of sp³-hybridized carbons (Fsp3) is 0.650. The number of amides is 1. The summed E-state index contributed by atoms with van der Waals surface area (Å²) in [6, 6.07) is 10.3. The van der Waals surface area contributed by atoms with Crippen molar-refractivity contribution in [3.8, 4) is 0 Å². The second-order valence-electron chi connectivity index (χ2n) is 8.62. The molecule has 1 aromatic carbocycles. The van der Waals surface area contributed by atoms with Gasteiger partial charge in [-0.2, -0.15) is 0 Å². The van der Waals surface area contributed by atoms with Crippen LogP contribution >= 0.6 is 12.4 Å². The summed E-state index contributed by atoms with van der Waals surface area (Å²) in [5, 5.41) is 17.4. The molecule has 4 rings (SSSR count). The van der Waals surface area contributed by atoms with Crippen molar-refractivity contribution in [3.63, 3.8) is 0 Å². The molecule has 3 aliphatic carbocycles. The monoisotopic (exact) mass is 382 g/mol. The number of halogens is 1. The van der Waals surface area contributed by atoms with Gasteiger partial charge in [-0.3, -0.25) is 0 Å².